The zero-order valence-electron chi connectivity index (χ0n) is 13.1. The molecular formula is C17H23N3O2. The zero-order valence-corrected chi connectivity index (χ0v) is 13.1. The topological polar surface area (TPSA) is 49.6 Å². The summed E-state index contributed by atoms with van der Waals surface area (Å²) in [5, 5.41) is 11.4. The molecule has 3 saturated heterocycles. The van der Waals surface area contributed by atoms with E-state index in [2.05, 4.69) is 9.80 Å². The van der Waals surface area contributed by atoms with Gasteiger partial charge in [0.25, 0.3) is 5.69 Å². The quantitative estimate of drug-likeness (QED) is 0.622. The number of rotatable bonds is 2. The summed E-state index contributed by atoms with van der Waals surface area (Å²) in [6.45, 7) is 6.31. The summed E-state index contributed by atoms with van der Waals surface area (Å²) in [4.78, 5) is 16.1. The van der Waals surface area contributed by atoms with E-state index < -0.39 is 0 Å². The largest absolute Gasteiger partial charge is 0.365 e. The molecule has 0 aliphatic carbocycles. The third-order valence-electron chi connectivity index (χ3n) is 5.79. The van der Waals surface area contributed by atoms with Gasteiger partial charge < -0.3 is 4.90 Å². The molecule has 3 aliphatic rings. The number of nitrogens with zero attached hydrogens (tertiary/aromatic N) is 3. The number of aryl methyl sites for hydroxylation is 1. The molecule has 5 nitrogen and oxygen atoms in total. The molecule has 4 rings (SSSR count). The van der Waals surface area contributed by atoms with Gasteiger partial charge in [0.1, 0.15) is 5.69 Å². The van der Waals surface area contributed by atoms with Crippen molar-refractivity contribution < 1.29 is 4.92 Å². The predicted molar refractivity (Wildman–Crippen MR) is 86.2 cm³/mol. The number of hydrogen-bond donors (Lipinski definition) is 0. The third-order valence-corrected chi connectivity index (χ3v) is 5.79. The smallest absolute Gasteiger partial charge is 0.292 e. The highest BCUT2D eigenvalue weighted by Gasteiger charge is 2.47. The van der Waals surface area contributed by atoms with Gasteiger partial charge in [0, 0.05) is 31.7 Å². The molecule has 0 spiro atoms. The van der Waals surface area contributed by atoms with E-state index in [1.165, 1.54) is 32.4 Å². The van der Waals surface area contributed by atoms with E-state index >= 15 is 0 Å². The molecule has 0 N–H and O–H groups in total. The first-order valence-corrected chi connectivity index (χ1v) is 8.37. The van der Waals surface area contributed by atoms with Crippen LogP contribution in [0.5, 0.6) is 0 Å². The summed E-state index contributed by atoms with van der Waals surface area (Å²) >= 11 is 0. The van der Waals surface area contributed by atoms with Crippen LogP contribution in [0, 0.1) is 28.9 Å². The van der Waals surface area contributed by atoms with Crippen LogP contribution in [0.1, 0.15) is 24.8 Å². The molecule has 22 heavy (non-hydrogen) atoms. The Morgan fingerprint density at radius 2 is 2.09 bits per heavy atom. The Labute approximate surface area is 131 Å². The second-order valence-electron chi connectivity index (χ2n) is 7.14. The van der Waals surface area contributed by atoms with E-state index in [1.807, 2.05) is 19.1 Å². The predicted octanol–water partition coefficient (Wildman–Crippen LogP) is 2.82. The Morgan fingerprint density at radius 3 is 2.91 bits per heavy atom. The maximum Gasteiger partial charge on any atom is 0.292 e. The van der Waals surface area contributed by atoms with E-state index in [9.17, 15) is 10.1 Å². The lowest BCUT2D eigenvalue weighted by Gasteiger charge is -2.33. The minimum atomic E-state index is -0.233. The van der Waals surface area contributed by atoms with Gasteiger partial charge in [-0.25, -0.2) is 0 Å². The Bertz CT molecular complexity index is 604. The molecule has 3 fully saturated rings. The van der Waals surface area contributed by atoms with Gasteiger partial charge in [0.05, 0.1) is 4.92 Å². The summed E-state index contributed by atoms with van der Waals surface area (Å²) in [6, 6.07) is 6.35. The fourth-order valence-electron chi connectivity index (χ4n) is 4.80. The monoisotopic (exact) mass is 301 g/mol. The van der Waals surface area contributed by atoms with E-state index in [1.54, 1.807) is 6.07 Å². The molecule has 3 aliphatic heterocycles. The molecule has 0 bridgehead atoms. The second-order valence-corrected chi connectivity index (χ2v) is 7.14. The number of nitro benzene ring substituents is 1. The highest BCUT2D eigenvalue weighted by atomic mass is 16.6. The van der Waals surface area contributed by atoms with Crippen LogP contribution >= 0.6 is 0 Å². The molecule has 3 heterocycles. The number of piperidine rings is 1. The first-order chi connectivity index (χ1) is 10.6. The van der Waals surface area contributed by atoms with Gasteiger partial charge in [-0.15, -0.1) is 0 Å². The average molecular weight is 301 g/mol. The van der Waals surface area contributed by atoms with Gasteiger partial charge in [-0.2, -0.15) is 0 Å². The lowest BCUT2D eigenvalue weighted by Crippen LogP contribution is -2.39. The van der Waals surface area contributed by atoms with Crippen molar-refractivity contribution in [3.05, 3.63) is 33.9 Å². The Balaban J connectivity index is 1.58. The van der Waals surface area contributed by atoms with Crippen molar-refractivity contribution in [1.82, 2.24) is 4.90 Å². The molecule has 1 aromatic rings. The van der Waals surface area contributed by atoms with E-state index in [0.29, 0.717) is 17.9 Å². The first kappa shape index (κ1) is 14.0. The zero-order chi connectivity index (χ0) is 15.3. The van der Waals surface area contributed by atoms with Crippen molar-refractivity contribution in [2.75, 3.05) is 31.1 Å². The van der Waals surface area contributed by atoms with Gasteiger partial charge in [-0.3, -0.25) is 15.0 Å². The Morgan fingerprint density at radius 1 is 1.23 bits per heavy atom. The van der Waals surface area contributed by atoms with Crippen LogP contribution in [-0.4, -0.2) is 42.0 Å². The highest BCUT2D eigenvalue weighted by molar-refractivity contribution is 5.65. The summed E-state index contributed by atoms with van der Waals surface area (Å²) < 4.78 is 0. The molecule has 118 valence electrons. The van der Waals surface area contributed by atoms with E-state index in [-0.39, 0.29) is 10.6 Å². The number of anilines is 1. The Kier molecular flexibility index (Phi) is 3.33. The van der Waals surface area contributed by atoms with Gasteiger partial charge >= 0.3 is 0 Å². The molecule has 3 atom stereocenters. The Hall–Kier alpha value is -1.62. The lowest BCUT2D eigenvalue weighted by molar-refractivity contribution is -0.384. The lowest BCUT2D eigenvalue weighted by atomic mass is 9.90. The number of benzene rings is 1. The van der Waals surface area contributed by atoms with Crippen molar-refractivity contribution in [3.63, 3.8) is 0 Å². The van der Waals surface area contributed by atoms with Crippen molar-refractivity contribution >= 4 is 11.4 Å². The number of fused-ring (bicyclic) bond motifs is 3. The molecule has 0 amide bonds. The second kappa shape index (κ2) is 5.23. The standard InChI is InChI=1S/C17H23N3O2/c1-12-5-6-16(17(8-12)20(21)22)19-10-13-9-18-7-3-2-4-15(18)14(13)11-19/h5-6,8,13-15H,2-4,7,9-11H2,1H3. The maximum atomic E-state index is 11.4. The summed E-state index contributed by atoms with van der Waals surface area (Å²) in [5.41, 5.74) is 2.03. The van der Waals surface area contributed by atoms with Crippen LogP contribution < -0.4 is 4.90 Å². The molecule has 0 saturated carbocycles. The molecule has 0 radical (unpaired) electrons. The van der Waals surface area contributed by atoms with Gasteiger partial charge in [0.15, 0.2) is 0 Å². The highest BCUT2D eigenvalue weighted by Crippen LogP contribution is 2.43. The van der Waals surface area contributed by atoms with Crippen molar-refractivity contribution in [2.24, 2.45) is 11.8 Å². The van der Waals surface area contributed by atoms with Gasteiger partial charge in [-0.05, 0) is 49.8 Å². The average Bonchev–Trinajstić information content (AvgIpc) is 3.04. The fraction of sp³-hybridized carbons (Fsp3) is 0.647. The van der Waals surface area contributed by atoms with Crippen LogP contribution in [0.25, 0.3) is 0 Å². The summed E-state index contributed by atoms with van der Waals surface area (Å²) in [7, 11) is 0. The SMILES string of the molecule is Cc1ccc(N2CC3CN4CCCCC4C3C2)c([N+](=O)[O-])c1. The molecule has 3 unspecified atom stereocenters. The minimum absolute atomic E-state index is 0.233. The van der Waals surface area contributed by atoms with Crippen LogP contribution in [0.4, 0.5) is 11.4 Å². The summed E-state index contributed by atoms with van der Waals surface area (Å²) in [5.74, 6) is 1.38. The maximum absolute atomic E-state index is 11.4. The van der Waals surface area contributed by atoms with E-state index in [0.717, 1.165) is 24.3 Å². The molecular weight excluding hydrogens is 278 g/mol. The summed E-state index contributed by atoms with van der Waals surface area (Å²) in [6.07, 6.45) is 3.99. The van der Waals surface area contributed by atoms with Crippen LogP contribution in [0.3, 0.4) is 0 Å². The number of nitro groups is 1. The van der Waals surface area contributed by atoms with Crippen LogP contribution in [0.15, 0.2) is 18.2 Å². The first-order valence-electron chi connectivity index (χ1n) is 8.37. The molecule has 5 heteroatoms. The van der Waals surface area contributed by atoms with E-state index in [4.69, 9.17) is 0 Å². The van der Waals surface area contributed by atoms with Gasteiger partial charge in [-0.1, -0.05) is 12.5 Å². The molecule has 0 aromatic heterocycles. The number of hydrogen-bond acceptors (Lipinski definition) is 4. The normalized spacial score (nSPS) is 31.1. The van der Waals surface area contributed by atoms with Crippen molar-refractivity contribution in [1.29, 1.82) is 0 Å². The minimum Gasteiger partial charge on any atom is -0.365 e. The van der Waals surface area contributed by atoms with Gasteiger partial charge in [0.2, 0.25) is 0 Å². The van der Waals surface area contributed by atoms with Crippen molar-refractivity contribution in [2.45, 2.75) is 32.2 Å². The fourth-order valence-corrected chi connectivity index (χ4v) is 4.80. The molecule has 1 aromatic carbocycles. The third kappa shape index (κ3) is 2.19. The van der Waals surface area contributed by atoms with Crippen LogP contribution in [0.2, 0.25) is 0 Å². The van der Waals surface area contributed by atoms with Crippen LogP contribution in [-0.2, 0) is 0 Å². The van der Waals surface area contributed by atoms with Crippen molar-refractivity contribution in [3.8, 4) is 0 Å².